The van der Waals surface area contributed by atoms with Crippen molar-refractivity contribution in [2.45, 2.75) is 44.6 Å². The second kappa shape index (κ2) is 6.14. The van der Waals surface area contributed by atoms with E-state index in [1.807, 2.05) is 24.4 Å². The van der Waals surface area contributed by atoms with Gasteiger partial charge in [0.1, 0.15) is 0 Å². The zero-order chi connectivity index (χ0) is 13.8. The van der Waals surface area contributed by atoms with Crippen LogP contribution in [0.1, 0.15) is 54.1 Å². The van der Waals surface area contributed by atoms with Crippen LogP contribution in [0.3, 0.4) is 0 Å². The van der Waals surface area contributed by atoms with E-state index in [2.05, 4.69) is 22.3 Å². The third-order valence-corrected chi connectivity index (χ3v) is 4.15. The Kier molecular flexibility index (Phi) is 4.07. The highest BCUT2D eigenvalue weighted by atomic mass is 15.1. The van der Waals surface area contributed by atoms with E-state index in [0.717, 1.165) is 24.1 Å². The van der Waals surface area contributed by atoms with Crippen LogP contribution in [-0.2, 0) is 12.8 Å². The molecule has 0 amide bonds. The summed E-state index contributed by atoms with van der Waals surface area (Å²) in [5.74, 6) is 0. The van der Waals surface area contributed by atoms with Crippen LogP contribution in [0, 0.1) is 0 Å². The number of nitrogens with two attached hydrogens (primary N) is 1. The monoisotopic (exact) mass is 267 g/mol. The van der Waals surface area contributed by atoms with Gasteiger partial charge in [-0.3, -0.25) is 0 Å². The summed E-state index contributed by atoms with van der Waals surface area (Å²) in [6, 6.07) is 10.0. The van der Waals surface area contributed by atoms with Crippen molar-refractivity contribution in [2.24, 2.45) is 5.73 Å². The Balaban J connectivity index is 1.99. The minimum absolute atomic E-state index is 0.168. The maximum atomic E-state index is 6.43. The molecule has 1 aromatic heterocycles. The quantitative estimate of drug-likeness (QED) is 0.909. The fourth-order valence-electron chi connectivity index (χ4n) is 3.01. The maximum Gasteiger partial charge on any atom is 0.0878 e. The van der Waals surface area contributed by atoms with Crippen molar-refractivity contribution in [1.29, 1.82) is 0 Å². The lowest BCUT2D eigenvalue weighted by atomic mass is 9.90. The van der Waals surface area contributed by atoms with E-state index in [1.54, 1.807) is 0 Å². The molecular formula is C17H21N3. The van der Waals surface area contributed by atoms with Gasteiger partial charge in [0.15, 0.2) is 0 Å². The predicted octanol–water partition coefficient (Wildman–Crippen LogP) is 3.18. The summed E-state index contributed by atoms with van der Waals surface area (Å²) in [5, 5.41) is 8.55. The molecule has 1 aliphatic rings. The van der Waals surface area contributed by atoms with Crippen LogP contribution in [0.5, 0.6) is 0 Å². The fraction of sp³-hybridized carbons (Fsp3) is 0.412. The molecule has 0 radical (unpaired) electrons. The highest BCUT2D eigenvalue weighted by Gasteiger charge is 2.19. The third-order valence-electron chi connectivity index (χ3n) is 4.15. The topological polar surface area (TPSA) is 51.8 Å². The third kappa shape index (κ3) is 2.73. The SMILES string of the molecule is NC(c1ccccc1)c1nncc2c1CCCCCC2. The first-order valence-electron chi connectivity index (χ1n) is 7.50. The van der Waals surface area contributed by atoms with Crippen molar-refractivity contribution >= 4 is 0 Å². The number of nitrogens with zero attached hydrogens (tertiary/aromatic N) is 2. The summed E-state index contributed by atoms with van der Waals surface area (Å²) in [7, 11) is 0. The minimum Gasteiger partial charge on any atom is -0.319 e. The van der Waals surface area contributed by atoms with E-state index in [0.29, 0.717) is 0 Å². The van der Waals surface area contributed by atoms with Gasteiger partial charge in [0.25, 0.3) is 0 Å². The largest absolute Gasteiger partial charge is 0.319 e. The van der Waals surface area contributed by atoms with Crippen LogP contribution in [0.2, 0.25) is 0 Å². The van der Waals surface area contributed by atoms with Crippen LogP contribution in [-0.4, -0.2) is 10.2 Å². The smallest absolute Gasteiger partial charge is 0.0878 e. The molecule has 1 unspecified atom stereocenters. The molecule has 1 aromatic carbocycles. The maximum absolute atomic E-state index is 6.43. The van der Waals surface area contributed by atoms with Gasteiger partial charge in [0, 0.05) is 0 Å². The highest BCUT2D eigenvalue weighted by molar-refractivity contribution is 5.36. The minimum atomic E-state index is -0.168. The van der Waals surface area contributed by atoms with Crippen molar-refractivity contribution in [3.63, 3.8) is 0 Å². The van der Waals surface area contributed by atoms with Crippen LogP contribution in [0.4, 0.5) is 0 Å². The second-order valence-electron chi connectivity index (χ2n) is 5.54. The molecule has 0 bridgehead atoms. The van der Waals surface area contributed by atoms with Gasteiger partial charge < -0.3 is 5.73 Å². The van der Waals surface area contributed by atoms with E-state index in [4.69, 9.17) is 5.73 Å². The molecule has 0 saturated heterocycles. The van der Waals surface area contributed by atoms with Gasteiger partial charge in [-0.15, -0.1) is 0 Å². The number of benzene rings is 1. The summed E-state index contributed by atoms with van der Waals surface area (Å²) in [6.07, 6.45) is 9.23. The zero-order valence-electron chi connectivity index (χ0n) is 11.8. The molecule has 0 spiro atoms. The first-order valence-corrected chi connectivity index (χ1v) is 7.50. The summed E-state index contributed by atoms with van der Waals surface area (Å²) in [4.78, 5) is 0. The summed E-state index contributed by atoms with van der Waals surface area (Å²) in [5.41, 5.74) is 11.2. The van der Waals surface area contributed by atoms with Crippen LogP contribution in [0.15, 0.2) is 36.5 Å². The molecule has 3 heteroatoms. The molecule has 104 valence electrons. The Morgan fingerprint density at radius 2 is 1.70 bits per heavy atom. The average molecular weight is 267 g/mol. The molecule has 2 N–H and O–H groups in total. The molecule has 2 aromatic rings. The van der Waals surface area contributed by atoms with Gasteiger partial charge in [-0.05, 0) is 42.4 Å². The lowest BCUT2D eigenvalue weighted by Gasteiger charge is -2.19. The molecule has 20 heavy (non-hydrogen) atoms. The molecule has 3 nitrogen and oxygen atoms in total. The Labute approximate surface area is 120 Å². The van der Waals surface area contributed by atoms with Gasteiger partial charge >= 0.3 is 0 Å². The van der Waals surface area contributed by atoms with Crippen LogP contribution < -0.4 is 5.73 Å². The molecule has 1 atom stereocenters. The van der Waals surface area contributed by atoms with E-state index < -0.39 is 0 Å². The molecule has 3 rings (SSSR count). The molecular weight excluding hydrogens is 246 g/mol. The van der Waals surface area contributed by atoms with Gasteiger partial charge in [-0.25, -0.2) is 0 Å². The molecule has 0 fully saturated rings. The van der Waals surface area contributed by atoms with Crippen molar-refractivity contribution < 1.29 is 0 Å². The Morgan fingerprint density at radius 3 is 2.50 bits per heavy atom. The summed E-state index contributed by atoms with van der Waals surface area (Å²) >= 11 is 0. The summed E-state index contributed by atoms with van der Waals surface area (Å²) < 4.78 is 0. The first kappa shape index (κ1) is 13.3. The fourth-order valence-corrected chi connectivity index (χ4v) is 3.01. The van der Waals surface area contributed by atoms with Crippen LogP contribution >= 0.6 is 0 Å². The Morgan fingerprint density at radius 1 is 0.950 bits per heavy atom. The van der Waals surface area contributed by atoms with Gasteiger partial charge in [0.2, 0.25) is 0 Å². The van der Waals surface area contributed by atoms with Gasteiger partial charge in [-0.2, -0.15) is 10.2 Å². The van der Waals surface area contributed by atoms with E-state index in [1.165, 1.54) is 36.8 Å². The zero-order valence-corrected chi connectivity index (χ0v) is 11.8. The van der Waals surface area contributed by atoms with Crippen LogP contribution in [0.25, 0.3) is 0 Å². The number of aromatic nitrogens is 2. The molecule has 1 aliphatic carbocycles. The normalized spacial score (nSPS) is 16.9. The van der Waals surface area contributed by atoms with Crippen molar-refractivity contribution in [3.8, 4) is 0 Å². The van der Waals surface area contributed by atoms with Gasteiger partial charge in [-0.1, -0.05) is 43.2 Å². The van der Waals surface area contributed by atoms with E-state index in [-0.39, 0.29) is 6.04 Å². The standard InChI is InChI=1S/C17H21N3/c18-16(13-8-5-3-6-9-13)17-15-11-7-2-1-4-10-14(15)12-19-20-17/h3,5-6,8-9,12,16H,1-2,4,7,10-11,18H2. The summed E-state index contributed by atoms with van der Waals surface area (Å²) in [6.45, 7) is 0. The predicted molar refractivity (Wildman–Crippen MR) is 80.4 cm³/mol. The van der Waals surface area contributed by atoms with Crippen molar-refractivity contribution in [2.75, 3.05) is 0 Å². The van der Waals surface area contributed by atoms with Crippen molar-refractivity contribution in [1.82, 2.24) is 10.2 Å². The second-order valence-corrected chi connectivity index (χ2v) is 5.54. The molecule has 0 saturated carbocycles. The number of hydrogen-bond donors (Lipinski definition) is 1. The molecule has 1 heterocycles. The lowest BCUT2D eigenvalue weighted by Crippen LogP contribution is -2.18. The first-order chi connectivity index (χ1) is 9.86. The van der Waals surface area contributed by atoms with E-state index in [9.17, 15) is 0 Å². The Hall–Kier alpha value is -1.74. The number of fused-ring (bicyclic) bond motifs is 1. The average Bonchev–Trinajstić information content (AvgIpc) is 2.47. The van der Waals surface area contributed by atoms with E-state index >= 15 is 0 Å². The molecule has 0 aliphatic heterocycles. The highest BCUT2D eigenvalue weighted by Crippen LogP contribution is 2.27. The number of aryl methyl sites for hydroxylation is 1. The van der Waals surface area contributed by atoms with Gasteiger partial charge in [0.05, 0.1) is 17.9 Å². The lowest BCUT2D eigenvalue weighted by molar-refractivity contribution is 0.602. The number of rotatable bonds is 2. The Bertz CT molecular complexity index is 566. The van der Waals surface area contributed by atoms with Crippen molar-refractivity contribution in [3.05, 3.63) is 58.9 Å². The number of hydrogen-bond acceptors (Lipinski definition) is 3.